The maximum absolute atomic E-state index is 5.61. The topological polar surface area (TPSA) is 18.5 Å². The molecule has 0 N–H and O–H groups in total. The smallest absolute Gasteiger partial charge is 1.00 e. The first-order chi connectivity index (χ1) is 6.33. The van der Waals surface area contributed by atoms with Crippen LogP contribution in [0.1, 0.15) is 39.0 Å². The van der Waals surface area contributed by atoms with Crippen molar-refractivity contribution in [1.29, 1.82) is 0 Å². The molecule has 0 saturated carbocycles. The quantitative estimate of drug-likeness (QED) is 0.476. The molecule has 0 aromatic heterocycles. The normalized spacial score (nSPS) is 22.4. The molecule has 0 bridgehead atoms. The number of hydrogen-bond acceptors (Lipinski definition) is 2. The fourth-order valence-corrected chi connectivity index (χ4v) is 1.39. The fraction of sp³-hybridized carbons (Fsp3) is 0.909. The minimum Gasteiger partial charge on any atom is -1.00 e. The van der Waals surface area contributed by atoms with Gasteiger partial charge in [0.2, 0.25) is 0 Å². The Kier molecular flexibility index (Phi) is 14.0. The van der Waals surface area contributed by atoms with E-state index in [1.807, 2.05) is 0 Å². The van der Waals surface area contributed by atoms with E-state index in [9.17, 15) is 0 Å². The summed E-state index contributed by atoms with van der Waals surface area (Å²) in [5.41, 5.74) is 0. The molecule has 1 heterocycles. The molecule has 1 aliphatic heterocycles. The summed E-state index contributed by atoms with van der Waals surface area (Å²) in [5, 5.41) is 0. The average molecular weight is 245 g/mol. The van der Waals surface area contributed by atoms with Crippen LogP contribution in [0.5, 0.6) is 0 Å². The first-order valence-corrected chi connectivity index (χ1v) is 5.35. The molecule has 0 radical (unpaired) electrons. The predicted octanol–water partition coefficient (Wildman–Crippen LogP) is -0.597. The second-order valence-electron chi connectivity index (χ2n) is 3.85. The summed E-state index contributed by atoms with van der Waals surface area (Å²) in [6.45, 7) is 7.76. The number of halogens is 1. The third kappa shape index (κ3) is 8.75. The van der Waals surface area contributed by atoms with Crippen LogP contribution >= 0.6 is 0 Å². The van der Waals surface area contributed by atoms with Gasteiger partial charge in [-0.25, -0.2) is 0 Å². The SMILES string of the molecule is [CH2-]CC(C)CCOC1CCCCO1.[Cl-].[Mg+2]. The van der Waals surface area contributed by atoms with Crippen molar-refractivity contribution in [3.05, 3.63) is 6.92 Å². The van der Waals surface area contributed by atoms with E-state index in [0.29, 0.717) is 5.92 Å². The van der Waals surface area contributed by atoms with Crippen molar-refractivity contribution >= 4 is 23.1 Å². The summed E-state index contributed by atoms with van der Waals surface area (Å²) < 4.78 is 11.1. The molecule has 86 valence electrons. The summed E-state index contributed by atoms with van der Waals surface area (Å²) in [4.78, 5) is 0. The Morgan fingerprint density at radius 2 is 2.20 bits per heavy atom. The Hall–Kier alpha value is 0.976. The maximum atomic E-state index is 5.61. The van der Waals surface area contributed by atoms with Gasteiger partial charge in [-0.15, -0.1) is 0 Å². The van der Waals surface area contributed by atoms with Crippen LogP contribution in [0.25, 0.3) is 0 Å². The van der Waals surface area contributed by atoms with E-state index >= 15 is 0 Å². The van der Waals surface area contributed by atoms with Crippen molar-refractivity contribution in [3.63, 3.8) is 0 Å². The molecule has 2 unspecified atom stereocenters. The summed E-state index contributed by atoms with van der Waals surface area (Å²) in [6.07, 6.45) is 5.67. The van der Waals surface area contributed by atoms with Crippen LogP contribution in [0.15, 0.2) is 0 Å². The molecular formula is C11H21ClMgO2. The van der Waals surface area contributed by atoms with E-state index < -0.39 is 0 Å². The molecule has 1 rings (SSSR count). The van der Waals surface area contributed by atoms with E-state index in [4.69, 9.17) is 9.47 Å². The fourth-order valence-electron chi connectivity index (χ4n) is 1.39. The zero-order valence-electron chi connectivity index (χ0n) is 9.71. The van der Waals surface area contributed by atoms with E-state index in [1.165, 1.54) is 12.8 Å². The van der Waals surface area contributed by atoms with Gasteiger partial charge in [0.15, 0.2) is 6.29 Å². The molecule has 0 amide bonds. The Bertz CT molecular complexity index is 130. The van der Waals surface area contributed by atoms with Gasteiger partial charge in [0.1, 0.15) is 0 Å². The van der Waals surface area contributed by atoms with Crippen molar-refractivity contribution in [2.45, 2.75) is 45.3 Å². The Morgan fingerprint density at radius 3 is 2.73 bits per heavy atom. The minimum atomic E-state index is 0. The Morgan fingerprint density at radius 1 is 1.47 bits per heavy atom. The van der Waals surface area contributed by atoms with E-state index in [-0.39, 0.29) is 41.7 Å². The molecule has 0 aromatic carbocycles. The zero-order chi connectivity index (χ0) is 9.52. The Labute approximate surface area is 116 Å². The molecule has 1 fully saturated rings. The van der Waals surface area contributed by atoms with Crippen LogP contribution in [0.2, 0.25) is 0 Å². The van der Waals surface area contributed by atoms with E-state index in [1.54, 1.807) is 0 Å². The van der Waals surface area contributed by atoms with Gasteiger partial charge in [0, 0.05) is 13.2 Å². The number of rotatable bonds is 5. The molecular weight excluding hydrogens is 224 g/mol. The van der Waals surface area contributed by atoms with Crippen LogP contribution < -0.4 is 12.4 Å². The predicted molar refractivity (Wildman–Crippen MR) is 59.1 cm³/mol. The van der Waals surface area contributed by atoms with Crippen LogP contribution in [-0.4, -0.2) is 42.6 Å². The van der Waals surface area contributed by atoms with Crippen LogP contribution in [0.3, 0.4) is 0 Å². The van der Waals surface area contributed by atoms with E-state index in [2.05, 4.69) is 13.8 Å². The summed E-state index contributed by atoms with van der Waals surface area (Å²) in [5.74, 6) is 0.670. The summed E-state index contributed by atoms with van der Waals surface area (Å²) in [7, 11) is 0. The molecule has 2 atom stereocenters. The first-order valence-electron chi connectivity index (χ1n) is 5.35. The monoisotopic (exact) mass is 244 g/mol. The molecule has 2 nitrogen and oxygen atoms in total. The van der Waals surface area contributed by atoms with Crippen molar-refractivity contribution < 1.29 is 21.9 Å². The standard InChI is InChI=1S/C11H21O2.ClH.Mg/c1-3-10(2)7-9-13-11-6-4-5-8-12-11;;/h10-11H,1,3-9H2,2H3;1H;/q-1;;+2/p-1. The van der Waals surface area contributed by atoms with Gasteiger partial charge in [-0.05, 0) is 25.7 Å². The van der Waals surface area contributed by atoms with E-state index in [0.717, 1.165) is 32.5 Å². The zero-order valence-corrected chi connectivity index (χ0v) is 11.9. The van der Waals surface area contributed by atoms with Gasteiger partial charge >= 0.3 is 23.1 Å². The number of hydrogen-bond donors (Lipinski definition) is 0. The summed E-state index contributed by atoms with van der Waals surface area (Å²) >= 11 is 0. The average Bonchev–Trinajstić information content (AvgIpc) is 2.19. The molecule has 1 saturated heterocycles. The minimum absolute atomic E-state index is 0. The first kappa shape index (κ1) is 18.3. The maximum Gasteiger partial charge on any atom is 2.00 e. The second-order valence-corrected chi connectivity index (χ2v) is 3.85. The molecule has 4 heteroatoms. The van der Waals surface area contributed by atoms with Gasteiger partial charge < -0.3 is 28.8 Å². The molecule has 15 heavy (non-hydrogen) atoms. The van der Waals surface area contributed by atoms with Crippen molar-refractivity contribution in [1.82, 2.24) is 0 Å². The molecule has 1 aliphatic rings. The van der Waals surface area contributed by atoms with Gasteiger partial charge in [0.05, 0.1) is 0 Å². The van der Waals surface area contributed by atoms with Crippen molar-refractivity contribution in [3.8, 4) is 0 Å². The molecule has 0 aliphatic carbocycles. The largest absolute Gasteiger partial charge is 2.00 e. The van der Waals surface area contributed by atoms with Crippen LogP contribution in [0.4, 0.5) is 0 Å². The van der Waals surface area contributed by atoms with Crippen LogP contribution in [0, 0.1) is 12.8 Å². The van der Waals surface area contributed by atoms with Gasteiger partial charge in [-0.1, -0.05) is 12.8 Å². The Balaban J connectivity index is 0. The van der Waals surface area contributed by atoms with Crippen LogP contribution in [-0.2, 0) is 9.47 Å². The summed E-state index contributed by atoms with van der Waals surface area (Å²) in [6, 6.07) is 0. The molecule has 0 spiro atoms. The number of ether oxygens (including phenoxy) is 2. The van der Waals surface area contributed by atoms with Gasteiger partial charge in [0.25, 0.3) is 0 Å². The third-order valence-electron chi connectivity index (χ3n) is 2.55. The van der Waals surface area contributed by atoms with Gasteiger partial charge in [-0.3, -0.25) is 0 Å². The van der Waals surface area contributed by atoms with Gasteiger partial charge in [-0.2, -0.15) is 6.42 Å². The molecule has 0 aromatic rings. The van der Waals surface area contributed by atoms with Crippen molar-refractivity contribution in [2.75, 3.05) is 13.2 Å². The third-order valence-corrected chi connectivity index (χ3v) is 2.55. The second kappa shape index (κ2) is 11.5. The van der Waals surface area contributed by atoms with Crippen molar-refractivity contribution in [2.24, 2.45) is 5.92 Å².